The number of aromatic nitrogens is 1. The minimum atomic E-state index is -0.123. The predicted octanol–water partition coefficient (Wildman–Crippen LogP) is 16.6. The number of anilines is 9. The average molecular weight is 949 g/mol. The summed E-state index contributed by atoms with van der Waals surface area (Å²) in [4.78, 5) is 7.62. The molecule has 0 saturated heterocycles. The summed E-state index contributed by atoms with van der Waals surface area (Å²) in [6.07, 6.45) is 0. The molecule has 2 aliphatic rings. The van der Waals surface area contributed by atoms with Gasteiger partial charge >= 0.3 is 0 Å². The monoisotopic (exact) mass is 948 g/mol. The van der Waals surface area contributed by atoms with Crippen LogP contribution in [-0.2, 0) is 0 Å². The van der Waals surface area contributed by atoms with E-state index in [-0.39, 0.29) is 6.71 Å². The van der Waals surface area contributed by atoms with Gasteiger partial charge in [0.2, 0.25) is 0 Å². The molecule has 2 aliphatic heterocycles. The highest BCUT2D eigenvalue weighted by Crippen LogP contribution is 2.53. The van der Waals surface area contributed by atoms with E-state index in [9.17, 15) is 0 Å². The third-order valence-electron chi connectivity index (χ3n) is 15.3. The van der Waals surface area contributed by atoms with Crippen molar-refractivity contribution in [3.63, 3.8) is 0 Å². The molecule has 0 amide bonds. The van der Waals surface area contributed by atoms with E-state index in [1.165, 1.54) is 64.2 Å². The molecule has 0 N–H and O–H groups in total. The SMILES string of the molecule is c1ccc(N(c2cc3c4c(c2)N(c2ccccc2)c2c(ccc5c2c2ccccc2n5-c2ccccc2)B4c2ccc4sc5ccccc5c4c2N3c2ccccc2)c2cccc3oc4ccccc4c23)cc1. The number of nitrogens with zero attached hydrogens (tertiary/aromatic N) is 4. The molecule has 0 fully saturated rings. The minimum Gasteiger partial charge on any atom is -0.456 e. The van der Waals surface area contributed by atoms with Crippen molar-refractivity contribution in [2.45, 2.75) is 0 Å². The van der Waals surface area contributed by atoms with Gasteiger partial charge in [-0.25, -0.2) is 0 Å². The van der Waals surface area contributed by atoms with Crippen molar-refractivity contribution >= 4 is 150 Å². The van der Waals surface area contributed by atoms with Crippen molar-refractivity contribution in [3.8, 4) is 5.69 Å². The van der Waals surface area contributed by atoms with E-state index in [1.807, 2.05) is 11.3 Å². The predicted molar refractivity (Wildman–Crippen MR) is 310 cm³/mol. The van der Waals surface area contributed by atoms with Gasteiger partial charge in [-0.15, -0.1) is 11.3 Å². The van der Waals surface area contributed by atoms with Crippen LogP contribution in [0.1, 0.15) is 0 Å². The van der Waals surface area contributed by atoms with Crippen LogP contribution in [0.5, 0.6) is 0 Å². The lowest BCUT2D eigenvalue weighted by Crippen LogP contribution is -2.61. The van der Waals surface area contributed by atoms with Gasteiger partial charge in [0, 0.05) is 70.5 Å². The molecule has 0 bridgehead atoms. The Labute approximate surface area is 425 Å². The zero-order valence-electron chi connectivity index (χ0n) is 39.4. The van der Waals surface area contributed by atoms with Gasteiger partial charge in [0.15, 0.2) is 0 Å². The number of benzene rings is 11. The van der Waals surface area contributed by atoms with Crippen LogP contribution in [0.2, 0.25) is 0 Å². The molecular formula is C66H41BN4OS. The van der Waals surface area contributed by atoms with Crippen LogP contribution >= 0.6 is 11.3 Å². The van der Waals surface area contributed by atoms with E-state index < -0.39 is 0 Å². The smallest absolute Gasteiger partial charge is 0.252 e. The molecule has 0 atom stereocenters. The maximum absolute atomic E-state index is 6.64. The van der Waals surface area contributed by atoms with Crippen molar-refractivity contribution in [1.29, 1.82) is 0 Å². The molecule has 0 radical (unpaired) electrons. The van der Waals surface area contributed by atoms with Crippen molar-refractivity contribution in [3.05, 3.63) is 249 Å². The summed E-state index contributed by atoms with van der Waals surface area (Å²) < 4.78 is 11.6. The van der Waals surface area contributed by atoms with Gasteiger partial charge in [0.25, 0.3) is 6.71 Å². The van der Waals surface area contributed by atoms with E-state index >= 15 is 0 Å². The van der Waals surface area contributed by atoms with Gasteiger partial charge < -0.3 is 23.7 Å². The number of fused-ring (bicyclic) bond motifs is 15. The van der Waals surface area contributed by atoms with E-state index in [1.54, 1.807) is 0 Å². The van der Waals surface area contributed by atoms with E-state index in [0.29, 0.717) is 0 Å². The van der Waals surface area contributed by atoms with Gasteiger partial charge in [-0.1, -0.05) is 146 Å². The Kier molecular flexibility index (Phi) is 8.64. The van der Waals surface area contributed by atoms with Gasteiger partial charge in [0.1, 0.15) is 11.2 Å². The first-order valence-corrected chi connectivity index (χ1v) is 25.8. The number of furan rings is 1. The summed E-state index contributed by atoms with van der Waals surface area (Å²) >= 11 is 1.88. The van der Waals surface area contributed by atoms with Gasteiger partial charge in [-0.05, 0) is 120 Å². The topological polar surface area (TPSA) is 27.8 Å². The number of hydrogen-bond donors (Lipinski definition) is 0. The van der Waals surface area contributed by atoms with E-state index in [4.69, 9.17) is 4.42 Å². The molecule has 0 aliphatic carbocycles. The van der Waals surface area contributed by atoms with E-state index in [2.05, 4.69) is 268 Å². The van der Waals surface area contributed by atoms with Crippen LogP contribution in [0.4, 0.5) is 51.2 Å². The summed E-state index contributed by atoms with van der Waals surface area (Å²) in [5, 5.41) is 7.14. The van der Waals surface area contributed by atoms with Crippen molar-refractivity contribution in [1.82, 2.24) is 4.57 Å². The summed E-state index contributed by atoms with van der Waals surface area (Å²) in [6.45, 7) is -0.123. The van der Waals surface area contributed by atoms with Crippen LogP contribution in [0, 0.1) is 0 Å². The Morgan fingerprint density at radius 2 is 0.945 bits per heavy atom. The lowest BCUT2D eigenvalue weighted by Gasteiger charge is -2.45. The first-order valence-electron chi connectivity index (χ1n) is 25.0. The molecule has 7 heteroatoms. The fourth-order valence-corrected chi connectivity index (χ4v) is 13.5. The number of thiophene rings is 1. The van der Waals surface area contributed by atoms with Gasteiger partial charge in [0.05, 0.1) is 39.2 Å². The Bertz CT molecular complexity index is 4530. The van der Waals surface area contributed by atoms with Crippen LogP contribution in [-0.4, -0.2) is 11.3 Å². The lowest BCUT2D eigenvalue weighted by atomic mass is 9.33. The normalized spacial score (nSPS) is 12.8. The molecule has 14 aromatic rings. The molecule has 11 aromatic carbocycles. The zero-order chi connectivity index (χ0) is 47.7. The highest BCUT2D eigenvalue weighted by atomic mass is 32.1. The van der Waals surface area contributed by atoms with Crippen molar-refractivity contribution in [2.75, 3.05) is 14.7 Å². The molecule has 0 saturated carbocycles. The Morgan fingerprint density at radius 1 is 0.384 bits per heavy atom. The summed E-state index contributed by atoms with van der Waals surface area (Å²) in [6, 6.07) is 91.1. The molecule has 3 aromatic heterocycles. The summed E-state index contributed by atoms with van der Waals surface area (Å²) in [7, 11) is 0. The number of hydrogen-bond acceptors (Lipinski definition) is 5. The molecule has 73 heavy (non-hydrogen) atoms. The summed E-state index contributed by atoms with van der Waals surface area (Å²) in [5.74, 6) is 0. The quantitative estimate of drug-likeness (QED) is 0.155. The van der Waals surface area contributed by atoms with Crippen LogP contribution in [0.3, 0.4) is 0 Å². The van der Waals surface area contributed by atoms with Gasteiger partial charge in [-0.3, -0.25) is 0 Å². The maximum atomic E-state index is 6.64. The second-order valence-corrected chi connectivity index (χ2v) is 20.2. The molecular weight excluding hydrogens is 908 g/mol. The van der Waals surface area contributed by atoms with Crippen LogP contribution < -0.4 is 31.1 Å². The van der Waals surface area contributed by atoms with Crippen LogP contribution in [0.25, 0.3) is 69.6 Å². The molecule has 0 spiro atoms. The lowest BCUT2D eigenvalue weighted by molar-refractivity contribution is 0.669. The third-order valence-corrected chi connectivity index (χ3v) is 16.4. The zero-order valence-corrected chi connectivity index (χ0v) is 40.2. The molecule has 5 heterocycles. The Hall–Kier alpha value is -9.30. The van der Waals surface area contributed by atoms with Crippen molar-refractivity contribution in [2.24, 2.45) is 0 Å². The second kappa shape index (κ2) is 15.6. The second-order valence-electron chi connectivity index (χ2n) is 19.2. The van der Waals surface area contributed by atoms with E-state index in [0.717, 1.165) is 73.0 Å². The Balaban J connectivity index is 1.10. The number of rotatable bonds is 6. The molecule has 0 unspecified atom stereocenters. The van der Waals surface area contributed by atoms with Crippen LogP contribution in [0.15, 0.2) is 253 Å². The minimum absolute atomic E-state index is 0.123. The summed E-state index contributed by atoms with van der Waals surface area (Å²) in [5.41, 5.74) is 19.0. The maximum Gasteiger partial charge on any atom is 0.252 e. The number of para-hydroxylation sites is 6. The highest BCUT2D eigenvalue weighted by molar-refractivity contribution is 7.26. The standard InChI is InChI=1S/C66H41BN4OS/c1-5-20-42(21-6-1)68(53-32-19-34-58-61(53)48-29-14-17-33-57(48)72-58)46-40-55-64-56(41-46)71(45-26-11-4-12-27-45)66-51(37-39-60-63(66)49-30-15-18-35-59(49)73-60)67(64)50-36-38-54-62(65(50)70(55)44-24-9-3-10-25-44)47-28-13-16-31-52(47)69(54)43-22-7-2-8-23-43/h1-41H. The Morgan fingerprint density at radius 3 is 1.66 bits per heavy atom. The van der Waals surface area contributed by atoms with Gasteiger partial charge in [-0.2, -0.15) is 0 Å². The first kappa shape index (κ1) is 40.4. The van der Waals surface area contributed by atoms with Crippen molar-refractivity contribution < 1.29 is 4.42 Å². The molecule has 5 nitrogen and oxygen atoms in total. The third kappa shape index (κ3) is 5.79. The fraction of sp³-hybridized carbons (Fsp3) is 0. The average Bonchev–Trinajstić information content (AvgIpc) is 4.15. The molecule has 16 rings (SSSR count). The first-order chi connectivity index (χ1) is 36.3. The molecule has 340 valence electrons. The fourth-order valence-electron chi connectivity index (χ4n) is 12.4. The largest absolute Gasteiger partial charge is 0.456 e. The highest BCUT2D eigenvalue weighted by Gasteiger charge is 2.46.